The summed E-state index contributed by atoms with van der Waals surface area (Å²) < 4.78 is 5.35. The zero-order valence-electron chi connectivity index (χ0n) is 12.8. The Morgan fingerprint density at radius 3 is 2.50 bits per heavy atom. The maximum atomic E-state index is 12.6. The molecule has 0 aliphatic heterocycles. The van der Waals surface area contributed by atoms with Crippen LogP contribution in [0.4, 0.5) is 0 Å². The number of thioether (sulfide) groups is 1. The second-order valence-electron chi connectivity index (χ2n) is 5.03. The molecule has 0 amide bonds. The molecule has 1 unspecified atom stereocenters. The summed E-state index contributed by atoms with van der Waals surface area (Å²) in [5.74, 6) is 0.710. The maximum absolute atomic E-state index is 12.6. The monoisotopic (exact) mass is 295 g/mol. The molecule has 0 heterocycles. The van der Waals surface area contributed by atoms with Crippen LogP contribution in [0.25, 0.3) is 0 Å². The van der Waals surface area contributed by atoms with E-state index in [0.717, 1.165) is 17.7 Å². The SMILES string of the molecule is CCOC(=O)C(CCSC)(NC(C)C)c1ccccc1. The summed E-state index contributed by atoms with van der Waals surface area (Å²) in [6, 6.07) is 10.1. The average Bonchev–Trinajstić information content (AvgIpc) is 2.44. The number of ether oxygens (including phenoxy) is 1. The highest BCUT2D eigenvalue weighted by Crippen LogP contribution is 2.29. The summed E-state index contributed by atoms with van der Waals surface area (Å²) in [7, 11) is 0. The molecule has 0 aliphatic rings. The molecule has 1 N–H and O–H groups in total. The van der Waals surface area contributed by atoms with Gasteiger partial charge in [0.05, 0.1) is 6.61 Å². The summed E-state index contributed by atoms with van der Waals surface area (Å²) in [6.07, 6.45) is 2.77. The Bertz CT molecular complexity index is 408. The molecule has 0 fully saturated rings. The molecule has 1 atom stereocenters. The second kappa shape index (κ2) is 8.32. The normalized spacial score (nSPS) is 14.1. The molecule has 0 spiro atoms. The number of hydrogen-bond donors (Lipinski definition) is 1. The van der Waals surface area contributed by atoms with E-state index in [-0.39, 0.29) is 12.0 Å². The molecule has 112 valence electrons. The van der Waals surface area contributed by atoms with Gasteiger partial charge in [-0.25, -0.2) is 4.79 Å². The zero-order valence-corrected chi connectivity index (χ0v) is 13.6. The molecule has 0 radical (unpaired) electrons. The third kappa shape index (κ3) is 4.25. The largest absolute Gasteiger partial charge is 0.464 e. The van der Waals surface area contributed by atoms with Gasteiger partial charge in [0.25, 0.3) is 0 Å². The van der Waals surface area contributed by atoms with Crippen molar-refractivity contribution in [3.63, 3.8) is 0 Å². The van der Waals surface area contributed by atoms with Crippen molar-refractivity contribution < 1.29 is 9.53 Å². The van der Waals surface area contributed by atoms with Crippen LogP contribution in [0.15, 0.2) is 30.3 Å². The van der Waals surface area contributed by atoms with Crippen LogP contribution in [0.1, 0.15) is 32.8 Å². The van der Waals surface area contributed by atoms with Crippen molar-refractivity contribution >= 4 is 17.7 Å². The molecule has 3 nitrogen and oxygen atoms in total. The van der Waals surface area contributed by atoms with Crippen molar-refractivity contribution in [3.05, 3.63) is 35.9 Å². The fourth-order valence-electron chi connectivity index (χ4n) is 2.30. The highest BCUT2D eigenvalue weighted by Gasteiger charge is 2.41. The van der Waals surface area contributed by atoms with Gasteiger partial charge >= 0.3 is 5.97 Å². The number of rotatable bonds is 8. The Hall–Kier alpha value is -1.00. The Balaban J connectivity index is 3.21. The third-order valence-electron chi connectivity index (χ3n) is 3.11. The van der Waals surface area contributed by atoms with E-state index in [1.807, 2.05) is 37.3 Å². The topological polar surface area (TPSA) is 38.3 Å². The Morgan fingerprint density at radius 2 is 2.00 bits per heavy atom. The van der Waals surface area contributed by atoms with E-state index in [4.69, 9.17) is 4.74 Å². The number of hydrogen-bond acceptors (Lipinski definition) is 4. The number of carbonyl (C=O) groups excluding carboxylic acids is 1. The maximum Gasteiger partial charge on any atom is 0.331 e. The quantitative estimate of drug-likeness (QED) is 0.748. The molecule has 1 aromatic rings. The molecule has 1 aromatic carbocycles. The molecule has 0 aromatic heterocycles. The highest BCUT2D eigenvalue weighted by atomic mass is 32.2. The van der Waals surface area contributed by atoms with E-state index in [2.05, 4.69) is 25.4 Å². The van der Waals surface area contributed by atoms with Crippen LogP contribution in [0, 0.1) is 0 Å². The second-order valence-corrected chi connectivity index (χ2v) is 6.02. The van der Waals surface area contributed by atoms with Crippen molar-refractivity contribution in [1.82, 2.24) is 5.32 Å². The zero-order chi connectivity index (χ0) is 15.0. The van der Waals surface area contributed by atoms with Crippen LogP contribution in [0.3, 0.4) is 0 Å². The first-order valence-corrected chi connectivity index (χ1v) is 8.45. The van der Waals surface area contributed by atoms with E-state index in [0.29, 0.717) is 6.61 Å². The van der Waals surface area contributed by atoms with E-state index in [1.165, 1.54) is 0 Å². The Morgan fingerprint density at radius 1 is 1.35 bits per heavy atom. The van der Waals surface area contributed by atoms with Gasteiger partial charge in [-0.1, -0.05) is 30.3 Å². The molecule has 20 heavy (non-hydrogen) atoms. The standard InChI is InChI=1S/C16H25NO2S/c1-5-19-15(18)16(11-12-20-4,17-13(2)3)14-9-7-6-8-10-14/h6-10,13,17H,5,11-12H2,1-4H3. The van der Waals surface area contributed by atoms with Gasteiger partial charge in [-0.3, -0.25) is 5.32 Å². The van der Waals surface area contributed by atoms with Crippen LogP contribution < -0.4 is 5.32 Å². The predicted molar refractivity (Wildman–Crippen MR) is 86.0 cm³/mol. The highest BCUT2D eigenvalue weighted by molar-refractivity contribution is 7.98. The first-order chi connectivity index (χ1) is 9.56. The Labute approximate surface area is 126 Å². The molecule has 1 rings (SSSR count). The molecule has 0 saturated carbocycles. The minimum Gasteiger partial charge on any atom is -0.464 e. The lowest BCUT2D eigenvalue weighted by Gasteiger charge is -2.35. The van der Waals surface area contributed by atoms with Gasteiger partial charge < -0.3 is 4.74 Å². The molecule has 0 bridgehead atoms. The fourth-order valence-corrected chi connectivity index (χ4v) is 2.81. The summed E-state index contributed by atoms with van der Waals surface area (Å²) >= 11 is 1.74. The van der Waals surface area contributed by atoms with Gasteiger partial charge in [-0.15, -0.1) is 0 Å². The van der Waals surface area contributed by atoms with Crippen molar-refractivity contribution in [2.75, 3.05) is 18.6 Å². The first kappa shape index (κ1) is 17.1. The van der Waals surface area contributed by atoms with Gasteiger partial charge in [0.15, 0.2) is 0 Å². The third-order valence-corrected chi connectivity index (χ3v) is 3.72. The van der Waals surface area contributed by atoms with Crippen LogP contribution >= 0.6 is 11.8 Å². The lowest BCUT2D eigenvalue weighted by atomic mass is 9.86. The molecular formula is C16H25NO2S. The lowest BCUT2D eigenvalue weighted by Crippen LogP contribution is -2.53. The average molecular weight is 295 g/mol. The number of esters is 1. The summed E-state index contributed by atoms with van der Waals surface area (Å²) in [4.78, 5) is 12.6. The van der Waals surface area contributed by atoms with E-state index < -0.39 is 5.54 Å². The van der Waals surface area contributed by atoms with Crippen LogP contribution in [0.2, 0.25) is 0 Å². The number of carbonyl (C=O) groups is 1. The molecule has 4 heteroatoms. The minimum atomic E-state index is -0.756. The van der Waals surface area contributed by atoms with Gasteiger partial charge in [0.2, 0.25) is 0 Å². The molecule has 0 saturated heterocycles. The fraction of sp³-hybridized carbons (Fsp3) is 0.562. The Kier molecular flexibility index (Phi) is 7.10. The van der Waals surface area contributed by atoms with Gasteiger partial charge in [0, 0.05) is 6.04 Å². The first-order valence-electron chi connectivity index (χ1n) is 7.06. The van der Waals surface area contributed by atoms with Crippen LogP contribution in [0.5, 0.6) is 0 Å². The number of nitrogens with one attached hydrogen (secondary N) is 1. The van der Waals surface area contributed by atoms with Crippen molar-refractivity contribution in [2.24, 2.45) is 0 Å². The summed E-state index contributed by atoms with van der Waals surface area (Å²) in [5, 5.41) is 3.44. The van der Waals surface area contributed by atoms with Crippen molar-refractivity contribution in [3.8, 4) is 0 Å². The summed E-state index contributed by atoms with van der Waals surface area (Å²) in [5.41, 5.74) is 0.218. The predicted octanol–water partition coefficient (Wildman–Crippen LogP) is 3.20. The minimum absolute atomic E-state index is 0.186. The van der Waals surface area contributed by atoms with E-state index in [1.54, 1.807) is 11.8 Å². The number of benzene rings is 1. The van der Waals surface area contributed by atoms with Gasteiger partial charge in [-0.2, -0.15) is 11.8 Å². The smallest absolute Gasteiger partial charge is 0.331 e. The van der Waals surface area contributed by atoms with Crippen molar-refractivity contribution in [1.29, 1.82) is 0 Å². The molecular weight excluding hydrogens is 270 g/mol. The van der Waals surface area contributed by atoms with Crippen LogP contribution in [-0.2, 0) is 15.1 Å². The summed E-state index contributed by atoms with van der Waals surface area (Å²) in [6.45, 7) is 6.34. The van der Waals surface area contributed by atoms with Gasteiger partial charge in [0.1, 0.15) is 5.54 Å². The van der Waals surface area contributed by atoms with Crippen molar-refractivity contribution in [2.45, 2.75) is 38.8 Å². The molecule has 0 aliphatic carbocycles. The van der Waals surface area contributed by atoms with E-state index >= 15 is 0 Å². The van der Waals surface area contributed by atoms with Gasteiger partial charge in [-0.05, 0) is 44.8 Å². The van der Waals surface area contributed by atoms with E-state index in [9.17, 15) is 4.79 Å². The van der Waals surface area contributed by atoms with Crippen LogP contribution in [-0.4, -0.2) is 30.6 Å². The lowest BCUT2D eigenvalue weighted by molar-refractivity contribution is -0.152.